The molecule has 0 radical (unpaired) electrons. The summed E-state index contributed by atoms with van der Waals surface area (Å²) >= 11 is 0. The minimum absolute atomic E-state index is 0.248. The number of para-hydroxylation sites is 1. The Bertz CT molecular complexity index is 962. The third-order valence-electron chi connectivity index (χ3n) is 3.70. The molecule has 4 heteroatoms. The third-order valence-corrected chi connectivity index (χ3v) is 3.70. The molecule has 108 valence electrons. The molecule has 4 rings (SSSR count). The van der Waals surface area contributed by atoms with Gasteiger partial charge >= 0.3 is 0 Å². The number of aromatic amines is 1. The number of nitrogens with one attached hydrogen (secondary N) is 2. The number of rotatable bonds is 2. The van der Waals surface area contributed by atoms with Gasteiger partial charge in [-0.3, -0.25) is 4.79 Å². The molecule has 0 bridgehead atoms. The number of hydrogen-bond acceptors (Lipinski definition) is 2. The summed E-state index contributed by atoms with van der Waals surface area (Å²) in [4.78, 5) is 15.7. The van der Waals surface area contributed by atoms with Gasteiger partial charge in [-0.2, -0.15) is 0 Å². The molecule has 0 saturated carbocycles. The maximum atomic E-state index is 12.4. The Hall–Kier alpha value is -3.01. The average molecular weight is 290 g/mol. The summed E-state index contributed by atoms with van der Waals surface area (Å²) in [6.45, 7) is 1.99. The zero-order chi connectivity index (χ0) is 15.1. The molecule has 1 amide bonds. The number of aromatic nitrogens is 1. The largest absolute Gasteiger partial charge is 0.451 e. The van der Waals surface area contributed by atoms with Crippen LogP contribution in [-0.4, -0.2) is 10.9 Å². The minimum Gasteiger partial charge on any atom is -0.451 e. The minimum atomic E-state index is -0.248. The van der Waals surface area contributed by atoms with Gasteiger partial charge in [0.1, 0.15) is 5.58 Å². The Morgan fingerprint density at radius 1 is 1.09 bits per heavy atom. The summed E-state index contributed by atoms with van der Waals surface area (Å²) in [5.74, 6) is 0.0630. The van der Waals surface area contributed by atoms with Crippen LogP contribution in [0, 0.1) is 6.92 Å². The van der Waals surface area contributed by atoms with E-state index in [2.05, 4.69) is 10.3 Å². The number of H-pyrrole nitrogens is 1. The molecule has 0 aliphatic rings. The summed E-state index contributed by atoms with van der Waals surface area (Å²) in [6.07, 6.45) is 0. The van der Waals surface area contributed by atoms with E-state index in [-0.39, 0.29) is 5.91 Å². The smallest absolute Gasteiger partial charge is 0.291 e. The number of hydrogen-bond donors (Lipinski definition) is 2. The average Bonchev–Trinajstić information content (AvgIpc) is 3.10. The molecule has 0 aliphatic carbocycles. The SMILES string of the molecule is Cc1cc2c(NC(=O)c3cc4ccccc4o3)cccc2[nH]1. The van der Waals surface area contributed by atoms with Gasteiger partial charge in [0.15, 0.2) is 5.76 Å². The number of benzene rings is 2. The Kier molecular flexibility index (Phi) is 2.76. The van der Waals surface area contributed by atoms with Gasteiger partial charge in [0.25, 0.3) is 5.91 Å². The van der Waals surface area contributed by atoms with Crippen LogP contribution in [0.4, 0.5) is 5.69 Å². The van der Waals surface area contributed by atoms with Crippen LogP contribution < -0.4 is 5.32 Å². The van der Waals surface area contributed by atoms with Crippen molar-refractivity contribution in [2.24, 2.45) is 0 Å². The van der Waals surface area contributed by atoms with Crippen molar-refractivity contribution in [3.05, 3.63) is 66.1 Å². The molecule has 2 heterocycles. The lowest BCUT2D eigenvalue weighted by Gasteiger charge is -2.04. The third kappa shape index (κ3) is 2.05. The second kappa shape index (κ2) is 4.77. The van der Waals surface area contributed by atoms with Gasteiger partial charge < -0.3 is 14.7 Å². The first-order valence-corrected chi connectivity index (χ1v) is 7.09. The van der Waals surface area contributed by atoms with Crippen molar-refractivity contribution in [2.45, 2.75) is 6.92 Å². The Balaban J connectivity index is 1.71. The number of carbonyl (C=O) groups excluding carboxylic acids is 1. The molecule has 0 unspecified atom stereocenters. The number of furan rings is 1. The van der Waals surface area contributed by atoms with Crippen LogP contribution in [0.1, 0.15) is 16.2 Å². The molecule has 2 aromatic heterocycles. The van der Waals surface area contributed by atoms with Gasteiger partial charge in [0.05, 0.1) is 5.69 Å². The predicted molar refractivity (Wildman–Crippen MR) is 87.2 cm³/mol. The van der Waals surface area contributed by atoms with Crippen molar-refractivity contribution < 1.29 is 9.21 Å². The molecule has 4 aromatic rings. The van der Waals surface area contributed by atoms with E-state index in [0.29, 0.717) is 11.3 Å². The second-order valence-electron chi connectivity index (χ2n) is 5.32. The van der Waals surface area contributed by atoms with Gasteiger partial charge in [-0.15, -0.1) is 0 Å². The molecule has 0 aliphatic heterocycles. The summed E-state index contributed by atoms with van der Waals surface area (Å²) in [7, 11) is 0. The summed E-state index contributed by atoms with van der Waals surface area (Å²) in [5, 5.41) is 4.83. The van der Waals surface area contributed by atoms with Crippen LogP contribution >= 0.6 is 0 Å². The van der Waals surface area contributed by atoms with Crippen LogP contribution in [-0.2, 0) is 0 Å². The molecular formula is C18H14N2O2. The lowest BCUT2D eigenvalue weighted by atomic mass is 10.2. The van der Waals surface area contributed by atoms with Gasteiger partial charge in [0, 0.05) is 22.0 Å². The van der Waals surface area contributed by atoms with Gasteiger partial charge in [-0.1, -0.05) is 24.3 Å². The normalized spacial score (nSPS) is 11.1. The van der Waals surface area contributed by atoms with Crippen molar-refractivity contribution in [3.63, 3.8) is 0 Å². The van der Waals surface area contributed by atoms with Gasteiger partial charge in [0.2, 0.25) is 0 Å². The van der Waals surface area contributed by atoms with Crippen molar-refractivity contribution in [1.29, 1.82) is 0 Å². The van der Waals surface area contributed by atoms with Crippen molar-refractivity contribution in [1.82, 2.24) is 4.98 Å². The lowest BCUT2D eigenvalue weighted by molar-refractivity contribution is 0.0999. The van der Waals surface area contributed by atoms with Crippen molar-refractivity contribution >= 4 is 33.5 Å². The molecule has 4 nitrogen and oxygen atoms in total. The number of aryl methyl sites for hydroxylation is 1. The molecule has 22 heavy (non-hydrogen) atoms. The lowest BCUT2D eigenvalue weighted by Crippen LogP contribution is -2.10. The highest BCUT2D eigenvalue weighted by molar-refractivity contribution is 6.09. The number of fused-ring (bicyclic) bond motifs is 2. The topological polar surface area (TPSA) is 58.0 Å². The number of amides is 1. The van der Waals surface area contributed by atoms with E-state index in [1.54, 1.807) is 6.07 Å². The summed E-state index contributed by atoms with van der Waals surface area (Å²) < 4.78 is 5.60. The highest BCUT2D eigenvalue weighted by Gasteiger charge is 2.14. The van der Waals surface area contributed by atoms with Crippen LogP contribution in [0.25, 0.3) is 21.9 Å². The van der Waals surface area contributed by atoms with Gasteiger partial charge in [-0.05, 0) is 37.3 Å². The highest BCUT2D eigenvalue weighted by atomic mass is 16.3. The predicted octanol–water partition coefficient (Wildman–Crippen LogP) is 4.47. The second-order valence-corrected chi connectivity index (χ2v) is 5.32. The maximum Gasteiger partial charge on any atom is 0.291 e. The Morgan fingerprint density at radius 2 is 1.95 bits per heavy atom. The fraction of sp³-hybridized carbons (Fsp3) is 0.0556. The zero-order valence-corrected chi connectivity index (χ0v) is 12.0. The van der Waals surface area contributed by atoms with Crippen molar-refractivity contribution in [2.75, 3.05) is 5.32 Å². The molecule has 0 atom stereocenters. The molecule has 2 N–H and O–H groups in total. The fourth-order valence-corrected chi connectivity index (χ4v) is 2.68. The van der Waals surface area contributed by atoms with Crippen LogP contribution in [0.2, 0.25) is 0 Å². The molecule has 0 saturated heterocycles. The number of anilines is 1. The first-order valence-electron chi connectivity index (χ1n) is 7.09. The molecule has 0 spiro atoms. The van der Waals surface area contributed by atoms with E-state index in [9.17, 15) is 4.79 Å². The van der Waals surface area contributed by atoms with Crippen LogP contribution in [0.5, 0.6) is 0 Å². The standard InChI is InChI=1S/C18H14N2O2/c1-11-9-13-14(19-11)6-4-7-15(13)20-18(21)17-10-12-5-2-3-8-16(12)22-17/h2-10,19H,1H3,(H,20,21). The van der Waals surface area contributed by atoms with E-state index in [1.807, 2.05) is 55.5 Å². The van der Waals surface area contributed by atoms with Crippen LogP contribution in [0.3, 0.4) is 0 Å². The van der Waals surface area contributed by atoms with E-state index in [0.717, 1.165) is 27.7 Å². The number of carbonyl (C=O) groups is 1. The maximum absolute atomic E-state index is 12.4. The first-order chi connectivity index (χ1) is 10.7. The summed E-state index contributed by atoms with van der Waals surface area (Å²) in [5.41, 5.74) is 3.54. The van der Waals surface area contributed by atoms with E-state index in [4.69, 9.17) is 4.42 Å². The van der Waals surface area contributed by atoms with Crippen LogP contribution in [0.15, 0.2) is 59.0 Å². The van der Waals surface area contributed by atoms with E-state index < -0.39 is 0 Å². The Labute approximate surface area is 126 Å². The fourth-order valence-electron chi connectivity index (χ4n) is 2.68. The van der Waals surface area contributed by atoms with Gasteiger partial charge in [-0.25, -0.2) is 0 Å². The van der Waals surface area contributed by atoms with Crippen molar-refractivity contribution in [3.8, 4) is 0 Å². The van der Waals surface area contributed by atoms with E-state index in [1.165, 1.54) is 0 Å². The monoisotopic (exact) mass is 290 g/mol. The quantitative estimate of drug-likeness (QED) is 0.572. The van der Waals surface area contributed by atoms with E-state index >= 15 is 0 Å². The molecule has 2 aromatic carbocycles. The zero-order valence-electron chi connectivity index (χ0n) is 12.0. The molecule has 0 fully saturated rings. The highest BCUT2D eigenvalue weighted by Crippen LogP contribution is 2.25. The summed E-state index contributed by atoms with van der Waals surface area (Å²) in [6, 6.07) is 17.1. The molecular weight excluding hydrogens is 276 g/mol. The Morgan fingerprint density at radius 3 is 2.82 bits per heavy atom. The first kappa shape index (κ1) is 12.7.